The number of nitrogens with one attached hydrogen (secondary N) is 1. The summed E-state index contributed by atoms with van der Waals surface area (Å²) in [5, 5.41) is 23.0. The summed E-state index contributed by atoms with van der Waals surface area (Å²) in [6.07, 6.45) is -1.89. The Morgan fingerprint density at radius 2 is 1.78 bits per heavy atom. The number of carbonyl (C=O) groups is 3. The third kappa shape index (κ3) is 8.18. The number of amides is 2. The van der Waals surface area contributed by atoms with E-state index in [1.165, 1.54) is 29.1 Å². The number of ketones is 1. The molecule has 10 nitrogen and oxygen atoms in total. The number of Topliss-reactive ketones (excluding diaryl/α,β-unsaturated/α-hetero) is 1. The van der Waals surface area contributed by atoms with Gasteiger partial charge in [-0.25, -0.2) is 0 Å². The number of rotatable bonds is 12. The van der Waals surface area contributed by atoms with Gasteiger partial charge in [0, 0.05) is 17.8 Å². The van der Waals surface area contributed by atoms with E-state index in [0.29, 0.717) is 29.9 Å². The second-order valence-electron chi connectivity index (χ2n) is 10.7. The monoisotopic (exact) mass is 576 g/mol. The zero-order chi connectivity index (χ0) is 30.4. The summed E-state index contributed by atoms with van der Waals surface area (Å²) in [5.74, 6) is -1.57. The van der Waals surface area contributed by atoms with Crippen molar-refractivity contribution in [1.82, 2.24) is 25.2 Å². The normalized spacial score (nSPS) is 13.4. The van der Waals surface area contributed by atoms with Crippen LogP contribution >= 0.6 is 0 Å². The lowest BCUT2D eigenvalue weighted by atomic mass is 9.84. The summed E-state index contributed by atoms with van der Waals surface area (Å²) >= 11 is 0. The zero-order valence-electron chi connectivity index (χ0n) is 23.3. The first kappa shape index (κ1) is 31.4. The molecule has 0 fully saturated rings. The molecule has 0 saturated heterocycles. The SMILES string of the molecule is CCCC[C@@H](C(=O)C(=O)NCc1ccno1)N(C(=O)[O-])[C@H](Cn1ccc(-c2ccc(C(F)(F)F)cc2)n1)C(C)(C)C. The molecule has 0 saturated carbocycles. The molecule has 2 aromatic heterocycles. The van der Waals surface area contributed by atoms with Crippen LogP contribution in [0.25, 0.3) is 11.3 Å². The van der Waals surface area contributed by atoms with Crippen LogP contribution in [0.5, 0.6) is 0 Å². The molecule has 1 aromatic carbocycles. The molecule has 0 bridgehead atoms. The molecule has 41 heavy (non-hydrogen) atoms. The third-order valence-electron chi connectivity index (χ3n) is 6.66. The molecule has 0 aliphatic carbocycles. The standard InChI is InChI=1S/C28H34F3N5O5/c1-5-6-7-22(24(37)25(38)32-16-20-12-14-33-41-20)36(26(39)40)23(27(2,3)4)17-35-15-13-21(34-35)18-8-10-19(11-9-18)28(29,30)31/h8-15,22-23H,5-7,16-17H2,1-4H3,(H,32,38)(H,39,40)/p-1/t22-,23+/m0/s1. The van der Waals surface area contributed by atoms with Gasteiger partial charge in [0.15, 0.2) is 5.76 Å². The van der Waals surface area contributed by atoms with E-state index in [2.05, 4.69) is 15.6 Å². The highest BCUT2D eigenvalue weighted by Gasteiger charge is 2.40. The van der Waals surface area contributed by atoms with Crippen molar-refractivity contribution in [2.24, 2.45) is 5.41 Å². The average Bonchev–Trinajstić information content (AvgIpc) is 3.59. The summed E-state index contributed by atoms with van der Waals surface area (Å²) in [6.45, 7) is 7.15. The van der Waals surface area contributed by atoms with Gasteiger partial charge in [-0.3, -0.25) is 14.3 Å². The maximum atomic E-state index is 13.3. The molecule has 0 radical (unpaired) electrons. The number of nitrogens with zero attached hydrogens (tertiary/aromatic N) is 4. The minimum absolute atomic E-state index is 0.00625. The summed E-state index contributed by atoms with van der Waals surface area (Å²) in [5.41, 5.74) is -0.690. The second kappa shape index (κ2) is 13.0. The van der Waals surface area contributed by atoms with Crippen molar-refractivity contribution in [2.45, 2.75) is 78.3 Å². The van der Waals surface area contributed by atoms with E-state index >= 15 is 0 Å². The van der Waals surface area contributed by atoms with E-state index in [-0.39, 0.29) is 19.5 Å². The van der Waals surface area contributed by atoms with E-state index < -0.39 is 47.0 Å². The van der Waals surface area contributed by atoms with Crippen LogP contribution in [0, 0.1) is 5.41 Å². The largest absolute Gasteiger partial charge is 0.530 e. The Hall–Kier alpha value is -4.16. The van der Waals surface area contributed by atoms with Gasteiger partial charge in [-0.1, -0.05) is 57.8 Å². The number of hydrogen-bond donors (Lipinski definition) is 1. The van der Waals surface area contributed by atoms with Crippen molar-refractivity contribution >= 4 is 17.8 Å². The Labute approximate surface area is 235 Å². The summed E-state index contributed by atoms with van der Waals surface area (Å²) in [4.78, 5) is 39.6. The van der Waals surface area contributed by atoms with Gasteiger partial charge in [0.2, 0.25) is 5.78 Å². The Kier molecular flexibility index (Phi) is 9.95. The van der Waals surface area contributed by atoms with E-state index in [1.807, 2.05) is 6.92 Å². The molecule has 2 heterocycles. The van der Waals surface area contributed by atoms with Crippen molar-refractivity contribution in [3.63, 3.8) is 0 Å². The number of halogens is 3. The Balaban J connectivity index is 1.88. The summed E-state index contributed by atoms with van der Waals surface area (Å²) < 4.78 is 45.2. The molecule has 1 N–H and O–H groups in total. The van der Waals surface area contributed by atoms with Crippen LogP contribution < -0.4 is 10.4 Å². The number of carboxylic acid groups (broad SMARTS) is 1. The van der Waals surface area contributed by atoms with Crippen molar-refractivity contribution < 1.29 is 37.2 Å². The van der Waals surface area contributed by atoms with Crippen LogP contribution in [0.15, 0.2) is 53.3 Å². The Bertz CT molecular complexity index is 1310. The minimum atomic E-state index is -4.47. The highest BCUT2D eigenvalue weighted by molar-refractivity contribution is 6.38. The van der Waals surface area contributed by atoms with Crippen molar-refractivity contribution in [1.29, 1.82) is 0 Å². The topological polar surface area (TPSA) is 133 Å². The van der Waals surface area contributed by atoms with Gasteiger partial charge < -0.3 is 24.6 Å². The molecule has 2 atom stereocenters. The number of benzene rings is 1. The van der Waals surface area contributed by atoms with E-state index in [1.54, 1.807) is 33.0 Å². The molecule has 0 unspecified atom stereocenters. The fraction of sp³-hybridized carbons (Fsp3) is 0.464. The van der Waals surface area contributed by atoms with Gasteiger partial charge in [0.1, 0.15) is 6.09 Å². The molecule has 0 aliphatic heterocycles. The quantitative estimate of drug-likeness (QED) is 0.322. The number of aromatic nitrogens is 3. The smallest absolute Gasteiger partial charge is 0.416 e. The molecular formula is C28H33F3N5O5-. The molecule has 3 rings (SSSR count). The molecule has 3 aromatic rings. The highest BCUT2D eigenvalue weighted by Crippen LogP contribution is 2.32. The van der Waals surface area contributed by atoms with Gasteiger partial charge in [0.05, 0.1) is 42.6 Å². The van der Waals surface area contributed by atoms with Crippen LogP contribution in [0.4, 0.5) is 18.0 Å². The number of alkyl halides is 3. The predicted octanol–water partition coefficient (Wildman–Crippen LogP) is 4.06. The lowest BCUT2D eigenvalue weighted by Gasteiger charge is -2.45. The van der Waals surface area contributed by atoms with E-state index in [9.17, 15) is 32.7 Å². The van der Waals surface area contributed by atoms with E-state index in [0.717, 1.165) is 17.0 Å². The summed E-state index contributed by atoms with van der Waals surface area (Å²) in [7, 11) is 0. The minimum Gasteiger partial charge on any atom is -0.530 e. The molecule has 2 amide bonds. The van der Waals surface area contributed by atoms with Crippen molar-refractivity contribution in [3.05, 3.63) is 60.1 Å². The second-order valence-corrected chi connectivity index (χ2v) is 10.7. The molecule has 0 aliphatic rings. The lowest BCUT2D eigenvalue weighted by Crippen LogP contribution is -2.61. The first-order valence-electron chi connectivity index (χ1n) is 13.1. The van der Waals surface area contributed by atoms with Gasteiger partial charge >= 0.3 is 6.18 Å². The molecular weight excluding hydrogens is 543 g/mol. The van der Waals surface area contributed by atoms with Crippen LogP contribution in [-0.2, 0) is 28.9 Å². The van der Waals surface area contributed by atoms with Gasteiger partial charge in [-0.05, 0) is 30.0 Å². The van der Waals surface area contributed by atoms with E-state index in [4.69, 9.17) is 4.52 Å². The molecule has 222 valence electrons. The Morgan fingerprint density at radius 3 is 2.32 bits per heavy atom. The van der Waals surface area contributed by atoms with Gasteiger partial charge in [0.25, 0.3) is 5.91 Å². The maximum absolute atomic E-state index is 13.3. The van der Waals surface area contributed by atoms with Gasteiger partial charge in [-0.2, -0.15) is 18.3 Å². The van der Waals surface area contributed by atoms with Crippen LogP contribution in [0.2, 0.25) is 0 Å². The fourth-order valence-corrected chi connectivity index (χ4v) is 4.41. The number of hydrogen-bond acceptors (Lipinski definition) is 7. The average molecular weight is 577 g/mol. The first-order chi connectivity index (χ1) is 19.2. The Morgan fingerprint density at radius 1 is 1.10 bits per heavy atom. The van der Waals surface area contributed by atoms with Crippen LogP contribution in [-0.4, -0.2) is 49.7 Å². The summed E-state index contributed by atoms with van der Waals surface area (Å²) in [6, 6.07) is 5.48. The highest BCUT2D eigenvalue weighted by atomic mass is 19.4. The van der Waals surface area contributed by atoms with Crippen molar-refractivity contribution in [2.75, 3.05) is 0 Å². The van der Waals surface area contributed by atoms with Crippen LogP contribution in [0.1, 0.15) is 58.3 Å². The van der Waals surface area contributed by atoms with Gasteiger partial charge in [-0.15, -0.1) is 0 Å². The fourth-order valence-electron chi connectivity index (χ4n) is 4.41. The first-order valence-corrected chi connectivity index (χ1v) is 13.1. The zero-order valence-corrected chi connectivity index (χ0v) is 23.3. The number of carbonyl (C=O) groups excluding carboxylic acids is 3. The predicted molar refractivity (Wildman–Crippen MR) is 140 cm³/mol. The van der Waals surface area contributed by atoms with Crippen molar-refractivity contribution in [3.8, 4) is 11.3 Å². The number of unbranched alkanes of at least 4 members (excludes halogenated alkanes) is 1. The maximum Gasteiger partial charge on any atom is 0.416 e. The van der Waals surface area contributed by atoms with Crippen LogP contribution in [0.3, 0.4) is 0 Å². The molecule has 13 heteroatoms. The molecule has 0 spiro atoms. The third-order valence-corrected chi connectivity index (χ3v) is 6.66. The lowest BCUT2D eigenvalue weighted by molar-refractivity contribution is -0.273.